The van der Waals surface area contributed by atoms with E-state index in [2.05, 4.69) is 74.7 Å². The monoisotopic (exact) mass is 427 g/mol. The third kappa shape index (κ3) is 2.25. The normalized spacial score (nSPS) is 11.1. The van der Waals surface area contributed by atoms with Gasteiger partial charge in [0.1, 0.15) is 0 Å². The molecule has 0 fully saturated rings. The topological polar surface area (TPSA) is 43.8 Å². The van der Waals surface area contributed by atoms with Crippen molar-refractivity contribution in [2.45, 2.75) is 6.92 Å². The predicted molar refractivity (Wildman–Crippen MR) is 90.6 cm³/mol. The van der Waals surface area contributed by atoms with Gasteiger partial charge in [-0.15, -0.1) is 0 Å². The number of hydrogen-bond donors (Lipinski definition) is 1. The lowest BCUT2D eigenvalue weighted by atomic mass is 10.2. The van der Waals surface area contributed by atoms with Gasteiger partial charge < -0.3 is 5.73 Å². The lowest BCUT2D eigenvalue weighted by Crippen LogP contribution is -2.00. The Morgan fingerprint density at radius 1 is 1.21 bits per heavy atom. The highest BCUT2D eigenvalue weighted by atomic mass is 127. The zero-order chi connectivity index (χ0) is 13.6. The molecular weight excluding hydrogens is 417 g/mol. The third-order valence-electron chi connectivity index (χ3n) is 3.06. The number of benzene rings is 2. The summed E-state index contributed by atoms with van der Waals surface area (Å²) in [6, 6.07) is 12.3. The summed E-state index contributed by atoms with van der Waals surface area (Å²) in [6.45, 7) is 2.06. The molecule has 0 aliphatic carbocycles. The van der Waals surface area contributed by atoms with Gasteiger partial charge in [0.05, 0.1) is 16.7 Å². The second-order valence-electron chi connectivity index (χ2n) is 4.37. The highest BCUT2D eigenvalue weighted by Crippen LogP contribution is 2.27. The number of fused-ring (bicyclic) bond motifs is 1. The van der Waals surface area contributed by atoms with Crippen LogP contribution in [-0.2, 0) is 0 Å². The first-order valence-electron chi connectivity index (χ1n) is 5.76. The number of anilines is 1. The first-order valence-corrected chi connectivity index (χ1v) is 7.63. The Labute approximate surface area is 133 Å². The van der Waals surface area contributed by atoms with Crippen molar-refractivity contribution in [3.63, 3.8) is 0 Å². The van der Waals surface area contributed by atoms with Crippen molar-refractivity contribution in [1.29, 1.82) is 0 Å². The van der Waals surface area contributed by atoms with Crippen molar-refractivity contribution in [3.8, 4) is 5.69 Å². The Morgan fingerprint density at radius 2 is 2.00 bits per heavy atom. The standard InChI is InChI=1S/C14H11BrIN3/c1-8-2-4-10(7-11(8)15)19-13-5-3-9(16)6-12(13)18-14(19)17/h2-7H,1H3,(H2,17,18). The van der Waals surface area contributed by atoms with E-state index in [9.17, 15) is 0 Å². The Bertz CT molecular complexity index is 780. The molecule has 0 aliphatic heterocycles. The summed E-state index contributed by atoms with van der Waals surface area (Å²) in [7, 11) is 0. The van der Waals surface area contributed by atoms with E-state index in [0.29, 0.717) is 5.95 Å². The van der Waals surface area contributed by atoms with Gasteiger partial charge in [-0.2, -0.15) is 0 Å². The molecule has 0 saturated heterocycles. The molecule has 3 aromatic rings. The van der Waals surface area contributed by atoms with E-state index in [-0.39, 0.29) is 0 Å². The molecule has 1 heterocycles. The molecule has 0 aliphatic rings. The van der Waals surface area contributed by atoms with Crippen LogP contribution in [0.15, 0.2) is 40.9 Å². The van der Waals surface area contributed by atoms with Crippen LogP contribution in [0, 0.1) is 10.5 Å². The molecule has 0 amide bonds. The van der Waals surface area contributed by atoms with Gasteiger partial charge in [0.2, 0.25) is 5.95 Å². The van der Waals surface area contributed by atoms with E-state index in [1.165, 1.54) is 5.56 Å². The van der Waals surface area contributed by atoms with E-state index in [1.54, 1.807) is 0 Å². The van der Waals surface area contributed by atoms with Gasteiger partial charge in [-0.25, -0.2) is 4.98 Å². The SMILES string of the molecule is Cc1ccc(-n2c(N)nc3cc(I)ccc32)cc1Br. The van der Waals surface area contributed by atoms with E-state index < -0.39 is 0 Å². The first-order chi connectivity index (χ1) is 9.06. The van der Waals surface area contributed by atoms with Crippen LogP contribution in [0.4, 0.5) is 5.95 Å². The quantitative estimate of drug-likeness (QED) is 0.589. The number of rotatable bonds is 1. The molecule has 0 unspecified atom stereocenters. The maximum absolute atomic E-state index is 6.06. The Hall–Kier alpha value is -1.08. The van der Waals surface area contributed by atoms with E-state index in [4.69, 9.17) is 5.73 Å². The fourth-order valence-corrected chi connectivity index (χ4v) is 2.91. The third-order valence-corrected chi connectivity index (χ3v) is 4.58. The van der Waals surface area contributed by atoms with Crippen LogP contribution in [0.5, 0.6) is 0 Å². The van der Waals surface area contributed by atoms with Crippen LogP contribution < -0.4 is 5.73 Å². The van der Waals surface area contributed by atoms with Gasteiger partial charge in [-0.05, 0) is 65.4 Å². The summed E-state index contributed by atoms with van der Waals surface area (Å²) >= 11 is 5.83. The molecule has 5 heteroatoms. The van der Waals surface area contributed by atoms with Crippen molar-refractivity contribution in [2.75, 3.05) is 5.73 Å². The molecular formula is C14H11BrIN3. The summed E-state index contributed by atoms with van der Waals surface area (Å²) in [5.74, 6) is 0.507. The number of nitrogens with zero attached hydrogens (tertiary/aromatic N) is 2. The minimum Gasteiger partial charge on any atom is -0.369 e. The number of aromatic nitrogens is 2. The minimum absolute atomic E-state index is 0.507. The van der Waals surface area contributed by atoms with Crippen molar-refractivity contribution in [1.82, 2.24) is 9.55 Å². The van der Waals surface area contributed by atoms with Gasteiger partial charge in [0, 0.05) is 8.04 Å². The molecule has 2 aromatic carbocycles. The van der Waals surface area contributed by atoms with E-state index >= 15 is 0 Å². The zero-order valence-corrected chi connectivity index (χ0v) is 13.9. The second kappa shape index (κ2) is 4.79. The molecule has 0 saturated carbocycles. The Balaban J connectivity index is 2.29. The highest BCUT2D eigenvalue weighted by molar-refractivity contribution is 14.1. The van der Waals surface area contributed by atoms with E-state index in [1.807, 2.05) is 16.7 Å². The van der Waals surface area contributed by atoms with Gasteiger partial charge in [0.25, 0.3) is 0 Å². The average molecular weight is 428 g/mol. The van der Waals surface area contributed by atoms with Crippen molar-refractivity contribution in [3.05, 3.63) is 50.0 Å². The number of nitrogens with two attached hydrogens (primary N) is 1. The fraction of sp³-hybridized carbons (Fsp3) is 0.0714. The maximum atomic E-state index is 6.06. The predicted octanol–water partition coefficient (Wildman–Crippen LogP) is 4.28. The van der Waals surface area contributed by atoms with Gasteiger partial charge in [0.15, 0.2) is 0 Å². The van der Waals surface area contributed by atoms with Crippen molar-refractivity contribution >= 4 is 55.5 Å². The second-order valence-corrected chi connectivity index (χ2v) is 6.47. The van der Waals surface area contributed by atoms with Crippen LogP contribution in [0.25, 0.3) is 16.7 Å². The number of hydrogen-bond acceptors (Lipinski definition) is 2. The van der Waals surface area contributed by atoms with E-state index in [0.717, 1.165) is 24.8 Å². The zero-order valence-electron chi connectivity index (χ0n) is 10.2. The van der Waals surface area contributed by atoms with Crippen LogP contribution in [0.1, 0.15) is 5.56 Å². The molecule has 3 nitrogen and oxygen atoms in total. The number of imidazole rings is 1. The summed E-state index contributed by atoms with van der Waals surface area (Å²) in [5.41, 5.74) is 10.2. The molecule has 0 bridgehead atoms. The minimum atomic E-state index is 0.507. The van der Waals surface area contributed by atoms with Crippen LogP contribution in [-0.4, -0.2) is 9.55 Å². The van der Waals surface area contributed by atoms with Crippen LogP contribution in [0.2, 0.25) is 0 Å². The molecule has 0 atom stereocenters. The van der Waals surface area contributed by atoms with Gasteiger partial charge in [-0.1, -0.05) is 22.0 Å². The first kappa shape index (κ1) is 12.9. The largest absolute Gasteiger partial charge is 0.369 e. The molecule has 0 spiro atoms. The average Bonchev–Trinajstić information content (AvgIpc) is 2.68. The summed E-state index contributed by atoms with van der Waals surface area (Å²) in [4.78, 5) is 4.42. The molecule has 19 heavy (non-hydrogen) atoms. The molecule has 0 radical (unpaired) electrons. The van der Waals surface area contributed by atoms with Gasteiger partial charge >= 0.3 is 0 Å². The van der Waals surface area contributed by atoms with Crippen LogP contribution >= 0.6 is 38.5 Å². The molecule has 2 N–H and O–H groups in total. The number of nitrogen functional groups attached to an aromatic ring is 1. The number of halogens is 2. The lowest BCUT2D eigenvalue weighted by Gasteiger charge is -2.08. The Kier molecular flexibility index (Phi) is 3.26. The molecule has 1 aromatic heterocycles. The molecule has 96 valence electrons. The number of aryl methyl sites for hydroxylation is 1. The van der Waals surface area contributed by atoms with Gasteiger partial charge in [-0.3, -0.25) is 4.57 Å². The van der Waals surface area contributed by atoms with Crippen LogP contribution in [0.3, 0.4) is 0 Å². The smallest absolute Gasteiger partial charge is 0.205 e. The summed E-state index contributed by atoms with van der Waals surface area (Å²) < 4.78 is 4.19. The Morgan fingerprint density at radius 3 is 2.74 bits per heavy atom. The molecule has 3 rings (SSSR count). The highest BCUT2D eigenvalue weighted by Gasteiger charge is 2.10. The fourth-order valence-electron chi connectivity index (χ4n) is 2.06. The summed E-state index contributed by atoms with van der Waals surface area (Å²) in [6.07, 6.45) is 0. The maximum Gasteiger partial charge on any atom is 0.205 e. The van der Waals surface area contributed by atoms with Crippen molar-refractivity contribution < 1.29 is 0 Å². The lowest BCUT2D eigenvalue weighted by molar-refractivity contribution is 1.10. The van der Waals surface area contributed by atoms with Crippen molar-refractivity contribution in [2.24, 2.45) is 0 Å². The summed E-state index contributed by atoms with van der Waals surface area (Å²) in [5, 5.41) is 0.